The first kappa shape index (κ1) is 25.8. The second kappa shape index (κ2) is 11.4. The molecule has 0 aliphatic heterocycles. The van der Waals surface area contributed by atoms with Gasteiger partial charge in [-0.15, -0.1) is 0 Å². The lowest BCUT2D eigenvalue weighted by molar-refractivity contribution is 0.482. The van der Waals surface area contributed by atoms with Crippen LogP contribution in [-0.4, -0.2) is 9.55 Å². The Kier molecular flexibility index (Phi) is 7.00. The SMILES string of the molecule is Brc1cc(Oc2cccc(N(c3ccccc3)c3ccccc3)c2)cc(-n2c(-c3ccccc3)nc3ccccc32)c1. The summed E-state index contributed by atoms with van der Waals surface area (Å²) in [4.78, 5) is 7.22. The lowest BCUT2D eigenvalue weighted by Crippen LogP contribution is -2.09. The molecule has 0 saturated carbocycles. The lowest BCUT2D eigenvalue weighted by atomic mass is 10.2. The van der Waals surface area contributed by atoms with Crippen LogP contribution < -0.4 is 9.64 Å². The highest BCUT2D eigenvalue weighted by Gasteiger charge is 2.16. The average molecular weight is 609 g/mol. The highest BCUT2D eigenvalue weighted by atomic mass is 79.9. The van der Waals surface area contributed by atoms with Gasteiger partial charge in [0.1, 0.15) is 17.3 Å². The maximum Gasteiger partial charge on any atom is 0.145 e. The van der Waals surface area contributed by atoms with E-state index in [9.17, 15) is 0 Å². The molecule has 202 valence electrons. The van der Waals surface area contributed by atoms with Crippen molar-refractivity contribution in [3.05, 3.63) is 162 Å². The topological polar surface area (TPSA) is 30.3 Å². The summed E-state index contributed by atoms with van der Waals surface area (Å²) in [7, 11) is 0. The summed E-state index contributed by atoms with van der Waals surface area (Å²) in [5.74, 6) is 2.34. The van der Waals surface area contributed by atoms with Gasteiger partial charge >= 0.3 is 0 Å². The summed E-state index contributed by atoms with van der Waals surface area (Å²) in [6.07, 6.45) is 0. The van der Waals surface area contributed by atoms with Gasteiger partial charge in [0.05, 0.1) is 16.7 Å². The minimum Gasteiger partial charge on any atom is -0.457 e. The Bertz CT molecular complexity index is 1930. The Labute approximate surface area is 253 Å². The number of fused-ring (bicyclic) bond motifs is 1. The molecule has 0 aliphatic rings. The number of ether oxygens (including phenoxy) is 1. The minimum absolute atomic E-state index is 0.722. The quantitative estimate of drug-likeness (QED) is 0.180. The van der Waals surface area contributed by atoms with Crippen LogP contribution in [0.1, 0.15) is 0 Å². The summed E-state index contributed by atoms with van der Waals surface area (Å²) in [6, 6.07) is 53.5. The molecule has 1 heterocycles. The van der Waals surface area contributed by atoms with Crippen LogP contribution in [0, 0.1) is 0 Å². The number of imidazole rings is 1. The van der Waals surface area contributed by atoms with Crippen molar-refractivity contribution in [2.24, 2.45) is 0 Å². The fourth-order valence-electron chi connectivity index (χ4n) is 5.23. The maximum absolute atomic E-state index is 6.53. The Hall–Kier alpha value is -5.13. The van der Waals surface area contributed by atoms with Crippen LogP contribution in [0.5, 0.6) is 11.5 Å². The summed E-state index contributed by atoms with van der Waals surface area (Å²) in [5, 5.41) is 0. The molecule has 42 heavy (non-hydrogen) atoms. The molecule has 1 aromatic heterocycles. The van der Waals surface area contributed by atoms with E-state index in [2.05, 4.69) is 116 Å². The van der Waals surface area contributed by atoms with Crippen LogP contribution in [0.4, 0.5) is 17.1 Å². The van der Waals surface area contributed by atoms with Gasteiger partial charge in [-0.25, -0.2) is 4.98 Å². The normalized spacial score (nSPS) is 11.0. The number of benzene rings is 6. The summed E-state index contributed by atoms with van der Waals surface area (Å²) >= 11 is 3.73. The lowest BCUT2D eigenvalue weighted by Gasteiger charge is -2.25. The van der Waals surface area contributed by atoms with E-state index in [1.54, 1.807) is 0 Å². The highest BCUT2D eigenvalue weighted by Crippen LogP contribution is 2.38. The van der Waals surface area contributed by atoms with Crippen molar-refractivity contribution in [1.82, 2.24) is 9.55 Å². The molecule has 5 heteroatoms. The van der Waals surface area contributed by atoms with E-state index >= 15 is 0 Å². The number of para-hydroxylation sites is 4. The van der Waals surface area contributed by atoms with Gasteiger partial charge in [0.2, 0.25) is 0 Å². The fourth-order valence-corrected chi connectivity index (χ4v) is 5.69. The summed E-state index contributed by atoms with van der Waals surface area (Å²) in [5.41, 5.74) is 7.13. The van der Waals surface area contributed by atoms with E-state index in [4.69, 9.17) is 9.72 Å². The number of hydrogen-bond acceptors (Lipinski definition) is 3. The first-order valence-corrected chi connectivity index (χ1v) is 14.5. The Morgan fingerprint density at radius 2 is 1.17 bits per heavy atom. The third-order valence-electron chi connectivity index (χ3n) is 7.05. The molecule has 0 spiro atoms. The molecule has 0 bridgehead atoms. The Morgan fingerprint density at radius 3 is 1.88 bits per heavy atom. The van der Waals surface area contributed by atoms with Crippen LogP contribution in [0.2, 0.25) is 0 Å². The van der Waals surface area contributed by atoms with Crippen molar-refractivity contribution in [2.45, 2.75) is 0 Å². The third kappa shape index (κ3) is 5.18. The zero-order chi connectivity index (χ0) is 28.3. The first-order valence-electron chi connectivity index (χ1n) is 13.7. The number of halogens is 1. The van der Waals surface area contributed by atoms with Gasteiger partial charge in [-0.1, -0.05) is 101 Å². The average Bonchev–Trinajstić information content (AvgIpc) is 3.43. The highest BCUT2D eigenvalue weighted by molar-refractivity contribution is 9.10. The van der Waals surface area contributed by atoms with Gasteiger partial charge in [-0.2, -0.15) is 0 Å². The minimum atomic E-state index is 0.722. The smallest absolute Gasteiger partial charge is 0.145 e. The van der Waals surface area contributed by atoms with E-state index in [1.807, 2.05) is 66.7 Å². The van der Waals surface area contributed by atoms with E-state index in [0.29, 0.717) is 0 Å². The number of rotatable bonds is 7. The second-order valence-electron chi connectivity index (χ2n) is 9.88. The zero-order valence-electron chi connectivity index (χ0n) is 22.6. The molecular formula is C37H26BrN3O. The second-order valence-corrected chi connectivity index (χ2v) is 10.8. The van der Waals surface area contributed by atoms with Crippen LogP contribution in [0.3, 0.4) is 0 Å². The van der Waals surface area contributed by atoms with Crippen LogP contribution >= 0.6 is 15.9 Å². The zero-order valence-corrected chi connectivity index (χ0v) is 24.2. The standard InChI is InChI=1S/C37H26BrN3O/c38-28-23-32(41-36-22-11-10-21-35(36)39-37(41)27-13-4-1-5-14-27)26-34(24-28)42-33-20-12-19-31(25-33)40(29-15-6-2-7-16-29)30-17-8-3-9-18-30/h1-26H. The largest absolute Gasteiger partial charge is 0.457 e. The Balaban J connectivity index is 1.29. The monoisotopic (exact) mass is 607 g/mol. The van der Waals surface area contributed by atoms with E-state index < -0.39 is 0 Å². The predicted molar refractivity (Wildman–Crippen MR) is 175 cm³/mol. The van der Waals surface area contributed by atoms with E-state index in [-0.39, 0.29) is 0 Å². The maximum atomic E-state index is 6.53. The van der Waals surface area contributed by atoms with E-state index in [0.717, 1.165) is 61.1 Å². The van der Waals surface area contributed by atoms with Gasteiger partial charge in [0.25, 0.3) is 0 Å². The molecular weight excluding hydrogens is 582 g/mol. The molecule has 7 rings (SSSR count). The molecule has 0 fully saturated rings. The molecule has 0 amide bonds. The molecule has 0 radical (unpaired) electrons. The predicted octanol–water partition coefficient (Wildman–Crippen LogP) is 10.7. The molecule has 0 saturated heterocycles. The molecule has 0 aliphatic carbocycles. The fraction of sp³-hybridized carbons (Fsp3) is 0. The van der Waals surface area contributed by atoms with Gasteiger partial charge in [0.15, 0.2) is 0 Å². The number of nitrogens with zero attached hydrogens (tertiary/aromatic N) is 3. The van der Waals surface area contributed by atoms with Crippen LogP contribution in [0.25, 0.3) is 28.1 Å². The molecule has 0 atom stereocenters. The van der Waals surface area contributed by atoms with Crippen molar-refractivity contribution >= 4 is 44.0 Å². The van der Waals surface area contributed by atoms with Crippen molar-refractivity contribution in [2.75, 3.05) is 4.90 Å². The van der Waals surface area contributed by atoms with Crippen molar-refractivity contribution in [3.8, 4) is 28.6 Å². The van der Waals surface area contributed by atoms with E-state index in [1.165, 1.54) is 0 Å². The van der Waals surface area contributed by atoms with Gasteiger partial charge in [0, 0.05) is 39.2 Å². The Morgan fingerprint density at radius 1 is 0.548 bits per heavy atom. The number of aromatic nitrogens is 2. The van der Waals surface area contributed by atoms with Crippen molar-refractivity contribution < 1.29 is 4.74 Å². The summed E-state index contributed by atoms with van der Waals surface area (Å²) < 4.78 is 9.63. The number of anilines is 3. The molecule has 4 nitrogen and oxygen atoms in total. The third-order valence-corrected chi connectivity index (χ3v) is 7.51. The van der Waals surface area contributed by atoms with Gasteiger partial charge in [-0.05, 0) is 60.7 Å². The number of hydrogen-bond donors (Lipinski definition) is 0. The molecule has 0 unspecified atom stereocenters. The van der Waals surface area contributed by atoms with Gasteiger partial charge in [-0.3, -0.25) is 4.57 Å². The summed E-state index contributed by atoms with van der Waals surface area (Å²) in [6.45, 7) is 0. The van der Waals surface area contributed by atoms with Crippen molar-refractivity contribution in [1.29, 1.82) is 0 Å². The van der Waals surface area contributed by atoms with Crippen molar-refractivity contribution in [3.63, 3.8) is 0 Å². The first-order chi connectivity index (χ1) is 20.7. The molecule has 0 N–H and O–H groups in total. The van der Waals surface area contributed by atoms with Crippen LogP contribution in [0.15, 0.2) is 162 Å². The molecule has 7 aromatic rings. The van der Waals surface area contributed by atoms with Gasteiger partial charge < -0.3 is 9.64 Å². The molecule has 6 aromatic carbocycles. The van der Waals surface area contributed by atoms with Crippen LogP contribution in [-0.2, 0) is 0 Å².